The maximum atomic E-state index is 11.1. The van der Waals surface area contributed by atoms with Crippen LogP contribution in [0.2, 0.25) is 0 Å². The normalized spacial score (nSPS) is 10.7. The molecule has 0 aliphatic rings. The van der Waals surface area contributed by atoms with Gasteiger partial charge in [-0.15, -0.1) is 0 Å². The Hall–Kier alpha value is -1.79. The van der Waals surface area contributed by atoms with Crippen LogP contribution in [-0.2, 0) is 0 Å². The molecule has 0 aromatic carbocycles. The molecule has 2 heterocycles. The molecule has 7 heteroatoms. The van der Waals surface area contributed by atoms with Crippen LogP contribution in [0.15, 0.2) is 15.9 Å². The number of nitrogens with one attached hydrogen (secondary N) is 2. The van der Waals surface area contributed by atoms with Crippen molar-refractivity contribution in [2.24, 2.45) is 0 Å². The highest BCUT2D eigenvalue weighted by molar-refractivity contribution is 6.10. The lowest BCUT2D eigenvalue weighted by Gasteiger charge is -1.90. The molecule has 0 saturated heterocycles. The van der Waals surface area contributed by atoms with Crippen LogP contribution < -0.4 is 11.2 Å². The van der Waals surface area contributed by atoms with Gasteiger partial charge in [0.2, 0.25) is 7.98 Å². The minimum atomic E-state index is -0.517. The molecule has 0 radical (unpaired) electrons. The van der Waals surface area contributed by atoms with Gasteiger partial charge >= 0.3 is 5.69 Å². The first-order valence-corrected chi connectivity index (χ1v) is 3.32. The zero-order chi connectivity index (χ0) is 8.72. The number of fused-ring (bicyclic) bond motifs is 1. The molecule has 0 aliphatic heterocycles. The van der Waals surface area contributed by atoms with Crippen LogP contribution in [0, 0.1) is 0 Å². The molecule has 0 saturated carbocycles. The Morgan fingerprint density at radius 1 is 1.42 bits per heavy atom. The maximum absolute atomic E-state index is 11.1. The molecule has 0 atom stereocenters. The average molecular weight is 164 g/mol. The first-order chi connectivity index (χ1) is 5.68. The van der Waals surface area contributed by atoms with Gasteiger partial charge in [0, 0.05) is 0 Å². The lowest BCUT2D eigenvalue weighted by Crippen LogP contribution is -2.22. The van der Waals surface area contributed by atoms with Gasteiger partial charge in [-0.3, -0.25) is 14.8 Å². The third-order valence-electron chi connectivity index (χ3n) is 1.61. The van der Waals surface area contributed by atoms with Crippen molar-refractivity contribution in [2.75, 3.05) is 0 Å². The topological polar surface area (TPSA) is 83.5 Å². The highest BCUT2D eigenvalue weighted by atomic mass is 16.2. The predicted molar refractivity (Wildman–Crippen MR) is 44.9 cm³/mol. The molecule has 0 amide bonds. The number of aromatic amines is 2. The molecule has 60 valence electrons. The Morgan fingerprint density at radius 2 is 2.17 bits per heavy atom. The Morgan fingerprint density at radius 3 is 2.92 bits per heavy atom. The van der Waals surface area contributed by atoms with E-state index < -0.39 is 11.2 Å². The third kappa shape index (κ3) is 0.793. The van der Waals surface area contributed by atoms with Crippen LogP contribution in [0.3, 0.4) is 0 Å². The molecule has 0 unspecified atom stereocenters. The van der Waals surface area contributed by atoms with Crippen LogP contribution in [0.5, 0.6) is 0 Å². The van der Waals surface area contributed by atoms with Crippen LogP contribution >= 0.6 is 0 Å². The average Bonchev–Trinajstić information content (AvgIpc) is 2.33. The summed E-state index contributed by atoms with van der Waals surface area (Å²) in [4.78, 5) is 30.2. The molecule has 0 aliphatic carbocycles. The summed E-state index contributed by atoms with van der Waals surface area (Å²) in [7, 11) is 1.70. The number of H-pyrrole nitrogens is 2. The lowest BCUT2D eigenvalue weighted by molar-refractivity contribution is 1.06. The van der Waals surface area contributed by atoms with E-state index in [1.54, 1.807) is 12.5 Å². The summed E-state index contributed by atoms with van der Waals surface area (Å²) in [6.07, 6.45) is 1.47. The fourth-order valence-electron chi connectivity index (χ4n) is 1.04. The molecule has 0 spiro atoms. The minimum absolute atomic E-state index is 0.247. The highest BCUT2D eigenvalue weighted by Crippen LogP contribution is 1.97. The van der Waals surface area contributed by atoms with E-state index in [4.69, 9.17) is 0 Å². The SMILES string of the molecule is Bn1cnc2c(=O)[nH]c(=O)[nH]c21. The van der Waals surface area contributed by atoms with Crippen LogP contribution in [-0.4, -0.2) is 27.4 Å². The zero-order valence-corrected chi connectivity index (χ0v) is 6.29. The van der Waals surface area contributed by atoms with Gasteiger partial charge in [-0.25, -0.2) is 9.78 Å². The Bertz CT molecular complexity index is 536. The lowest BCUT2D eigenvalue weighted by atomic mass is 10.4. The Labute approximate surface area is 66.7 Å². The molecule has 2 aromatic heterocycles. The van der Waals surface area contributed by atoms with Gasteiger partial charge in [0.15, 0.2) is 5.52 Å². The summed E-state index contributed by atoms with van der Waals surface area (Å²) in [6, 6.07) is 0. The van der Waals surface area contributed by atoms with Crippen molar-refractivity contribution >= 4 is 19.1 Å². The number of nitrogens with zero attached hydrogens (tertiary/aromatic N) is 2. The number of hydrogen-bond donors (Lipinski definition) is 2. The molecule has 6 nitrogen and oxygen atoms in total. The fourth-order valence-corrected chi connectivity index (χ4v) is 1.04. The Balaban J connectivity index is 3.13. The largest absolute Gasteiger partial charge is 0.370 e. The monoisotopic (exact) mass is 164 g/mol. The minimum Gasteiger partial charge on any atom is -0.370 e. The van der Waals surface area contributed by atoms with Gasteiger partial charge in [-0.2, -0.15) is 0 Å². The van der Waals surface area contributed by atoms with Gasteiger partial charge < -0.3 is 4.48 Å². The molecular weight excluding hydrogens is 159 g/mol. The van der Waals surface area contributed by atoms with E-state index in [1.165, 1.54) is 6.33 Å². The highest BCUT2D eigenvalue weighted by Gasteiger charge is 2.03. The third-order valence-corrected chi connectivity index (χ3v) is 1.61. The summed E-state index contributed by atoms with van der Waals surface area (Å²) in [5, 5.41) is 0. The van der Waals surface area contributed by atoms with E-state index in [0.29, 0.717) is 5.65 Å². The first kappa shape index (κ1) is 6.90. The fraction of sp³-hybridized carbons (Fsp3) is 0. The second kappa shape index (κ2) is 2.10. The van der Waals surface area contributed by atoms with Crippen molar-refractivity contribution in [2.45, 2.75) is 0 Å². The summed E-state index contributed by atoms with van der Waals surface area (Å²) in [5.74, 6) is 0. The first-order valence-electron chi connectivity index (χ1n) is 3.32. The predicted octanol–water partition coefficient (Wildman–Crippen LogP) is -2.19. The standard InChI is InChI=1S/C5H5BN4O2/c6-10-1-7-2-3(10)8-5(12)9-4(2)11/h1H,6H2,(H2,8,9,11,12). The smallest absolute Gasteiger partial charge is 0.327 e. The summed E-state index contributed by atoms with van der Waals surface area (Å²) < 4.78 is 1.58. The van der Waals surface area contributed by atoms with Gasteiger partial charge in [0.1, 0.15) is 5.65 Å². The number of aromatic nitrogens is 4. The number of rotatable bonds is 0. The van der Waals surface area contributed by atoms with Gasteiger partial charge in [0.25, 0.3) is 5.56 Å². The van der Waals surface area contributed by atoms with Crippen LogP contribution in [0.4, 0.5) is 0 Å². The van der Waals surface area contributed by atoms with Gasteiger partial charge in [-0.05, 0) is 0 Å². The maximum Gasteiger partial charge on any atom is 0.327 e. The van der Waals surface area contributed by atoms with Crippen molar-refractivity contribution in [3.8, 4) is 0 Å². The van der Waals surface area contributed by atoms with E-state index in [0.717, 1.165) is 0 Å². The van der Waals surface area contributed by atoms with Crippen molar-refractivity contribution in [3.05, 3.63) is 27.2 Å². The molecule has 2 rings (SSSR count). The molecule has 12 heavy (non-hydrogen) atoms. The number of imidazole rings is 1. The Kier molecular flexibility index (Phi) is 1.21. The van der Waals surface area contributed by atoms with Crippen molar-refractivity contribution in [3.63, 3.8) is 0 Å². The van der Waals surface area contributed by atoms with Crippen molar-refractivity contribution < 1.29 is 0 Å². The second-order valence-electron chi connectivity index (χ2n) is 2.46. The molecular formula is C5H5BN4O2. The molecule has 0 fully saturated rings. The van der Waals surface area contributed by atoms with E-state index in [1.807, 2.05) is 0 Å². The van der Waals surface area contributed by atoms with Crippen molar-refractivity contribution in [1.29, 1.82) is 0 Å². The van der Waals surface area contributed by atoms with Crippen molar-refractivity contribution in [1.82, 2.24) is 19.4 Å². The second-order valence-corrected chi connectivity index (χ2v) is 2.46. The summed E-state index contributed by atoms with van der Waals surface area (Å²) >= 11 is 0. The van der Waals surface area contributed by atoms with E-state index in [9.17, 15) is 9.59 Å². The van der Waals surface area contributed by atoms with Crippen LogP contribution in [0.25, 0.3) is 11.2 Å². The summed E-state index contributed by atoms with van der Waals surface area (Å²) in [5.41, 5.74) is -0.300. The molecule has 0 bridgehead atoms. The van der Waals surface area contributed by atoms with E-state index >= 15 is 0 Å². The number of hydrogen-bond acceptors (Lipinski definition) is 3. The van der Waals surface area contributed by atoms with Gasteiger partial charge in [-0.1, -0.05) is 0 Å². The quantitative estimate of drug-likeness (QED) is 0.433. The van der Waals surface area contributed by atoms with Gasteiger partial charge in [0.05, 0.1) is 6.33 Å². The molecule has 2 N–H and O–H groups in total. The summed E-state index contributed by atoms with van der Waals surface area (Å²) in [6.45, 7) is 0. The van der Waals surface area contributed by atoms with E-state index in [2.05, 4.69) is 15.0 Å². The van der Waals surface area contributed by atoms with Crippen LogP contribution in [0.1, 0.15) is 0 Å². The van der Waals surface area contributed by atoms with E-state index in [-0.39, 0.29) is 5.52 Å². The zero-order valence-electron chi connectivity index (χ0n) is 6.29. The molecule has 2 aromatic rings.